The molecule has 1 aliphatic rings. The smallest absolute Gasteiger partial charge is 0.238 e. The molecule has 3 rings (SSSR count). The Balaban J connectivity index is 1.77. The zero-order valence-electron chi connectivity index (χ0n) is 18.5. The number of nitrogens with two attached hydrogens (primary N) is 1. The first-order valence-corrected chi connectivity index (χ1v) is 11.6. The van der Waals surface area contributed by atoms with Crippen molar-refractivity contribution < 1.29 is 8.42 Å². The minimum atomic E-state index is -3.72. The van der Waals surface area contributed by atoms with E-state index in [2.05, 4.69) is 60.2 Å². The third kappa shape index (κ3) is 4.91. The highest BCUT2D eigenvalue weighted by Gasteiger charge is 2.43. The number of sulfonamides is 1. The van der Waals surface area contributed by atoms with Gasteiger partial charge < -0.3 is 10.6 Å². The summed E-state index contributed by atoms with van der Waals surface area (Å²) in [4.78, 5) is 11.5. The predicted octanol–water partition coefficient (Wildman–Crippen LogP) is 3.24. The van der Waals surface area contributed by atoms with E-state index in [4.69, 9.17) is 5.14 Å². The number of hydrogen-bond donors (Lipinski definition) is 3. The lowest BCUT2D eigenvalue weighted by Gasteiger charge is -2.53. The number of nitrogens with one attached hydrogen (secondary N) is 2. The van der Waals surface area contributed by atoms with E-state index in [0.717, 1.165) is 24.2 Å². The maximum atomic E-state index is 11.4. The first-order valence-electron chi connectivity index (χ1n) is 10.0. The summed E-state index contributed by atoms with van der Waals surface area (Å²) >= 11 is 0. The first-order chi connectivity index (χ1) is 13.8. The maximum Gasteiger partial charge on any atom is 0.238 e. The van der Waals surface area contributed by atoms with Gasteiger partial charge in [0.1, 0.15) is 5.82 Å². The van der Waals surface area contributed by atoms with E-state index in [1.807, 2.05) is 6.92 Å². The van der Waals surface area contributed by atoms with Crippen LogP contribution in [-0.4, -0.2) is 47.5 Å². The molecule has 0 saturated carbocycles. The monoisotopic (exact) mass is 432 g/mol. The van der Waals surface area contributed by atoms with Gasteiger partial charge in [-0.3, -0.25) is 4.90 Å². The number of likely N-dealkylation sites (tertiary alicyclic amines) is 1. The molecule has 8 nitrogen and oxygen atoms in total. The Kier molecular flexibility index (Phi) is 5.83. The van der Waals surface area contributed by atoms with Crippen LogP contribution in [0.15, 0.2) is 35.4 Å². The molecular formula is C21H32N6O2S. The minimum absolute atomic E-state index is 0.0627. The lowest BCUT2D eigenvalue weighted by Crippen LogP contribution is -2.61. The van der Waals surface area contributed by atoms with E-state index in [0.29, 0.717) is 17.7 Å². The maximum absolute atomic E-state index is 11.4. The van der Waals surface area contributed by atoms with Crippen molar-refractivity contribution in [3.05, 3.63) is 36.0 Å². The molecule has 1 fully saturated rings. The van der Waals surface area contributed by atoms with Gasteiger partial charge >= 0.3 is 0 Å². The molecule has 2 aromatic rings. The molecule has 0 unspecified atom stereocenters. The molecule has 2 heterocycles. The molecule has 164 valence electrons. The fourth-order valence-corrected chi connectivity index (χ4v) is 4.69. The Bertz CT molecular complexity index is 1000. The number of hydrogen-bond acceptors (Lipinski definition) is 7. The van der Waals surface area contributed by atoms with E-state index in [1.54, 1.807) is 18.3 Å². The van der Waals surface area contributed by atoms with Gasteiger partial charge in [-0.05, 0) is 78.8 Å². The SMILES string of the molecule is Cc1cnc(Nc2ccc(S(N)(=O)=O)cc2)nc1NC1CC(C)(C)N(C)C(C)(C)C1. The number of aryl methyl sites for hydroxylation is 1. The molecule has 0 radical (unpaired) electrons. The van der Waals surface area contributed by atoms with Crippen LogP contribution in [-0.2, 0) is 10.0 Å². The van der Waals surface area contributed by atoms with Gasteiger partial charge in [0, 0.05) is 34.6 Å². The molecule has 0 spiro atoms. The lowest BCUT2D eigenvalue weighted by atomic mass is 9.77. The molecular weight excluding hydrogens is 400 g/mol. The fourth-order valence-electron chi connectivity index (χ4n) is 4.17. The van der Waals surface area contributed by atoms with Crippen molar-refractivity contribution in [1.29, 1.82) is 0 Å². The van der Waals surface area contributed by atoms with Gasteiger partial charge in [0.2, 0.25) is 16.0 Å². The van der Waals surface area contributed by atoms with E-state index in [9.17, 15) is 8.42 Å². The summed E-state index contributed by atoms with van der Waals surface area (Å²) in [5, 5.41) is 11.9. The number of anilines is 3. The highest BCUT2D eigenvalue weighted by atomic mass is 32.2. The number of rotatable bonds is 5. The third-order valence-corrected chi connectivity index (χ3v) is 6.99. The molecule has 9 heteroatoms. The van der Waals surface area contributed by atoms with Crippen LogP contribution in [0.1, 0.15) is 46.1 Å². The molecule has 0 aliphatic carbocycles. The Morgan fingerprint density at radius 1 is 1.10 bits per heavy atom. The van der Waals surface area contributed by atoms with Gasteiger partial charge in [-0.15, -0.1) is 0 Å². The Labute approximate surface area is 179 Å². The Morgan fingerprint density at radius 3 is 2.20 bits per heavy atom. The summed E-state index contributed by atoms with van der Waals surface area (Å²) in [6.07, 6.45) is 3.80. The second kappa shape index (κ2) is 7.79. The normalized spacial score (nSPS) is 19.4. The Hall–Kier alpha value is -2.23. The van der Waals surface area contributed by atoms with Crippen LogP contribution < -0.4 is 15.8 Å². The van der Waals surface area contributed by atoms with Crippen molar-refractivity contribution in [2.75, 3.05) is 17.7 Å². The van der Waals surface area contributed by atoms with Crippen molar-refractivity contribution in [3.63, 3.8) is 0 Å². The van der Waals surface area contributed by atoms with Crippen molar-refractivity contribution >= 4 is 27.5 Å². The van der Waals surface area contributed by atoms with Gasteiger partial charge in [-0.2, -0.15) is 4.98 Å². The van der Waals surface area contributed by atoms with Gasteiger partial charge in [0.25, 0.3) is 0 Å². The van der Waals surface area contributed by atoms with Crippen LogP contribution in [0.4, 0.5) is 17.5 Å². The lowest BCUT2D eigenvalue weighted by molar-refractivity contribution is -0.00773. The molecule has 4 N–H and O–H groups in total. The van der Waals surface area contributed by atoms with Crippen LogP contribution in [0.5, 0.6) is 0 Å². The summed E-state index contributed by atoms with van der Waals surface area (Å²) in [7, 11) is -1.53. The molecule has 1 aliphatic heterocycles. The van der Waals surface area contributed by atoms with E-state index in [1.165, 1.54) is 12.1 Å². The molecule has 1 aromatic carbocycles. The van der Waals surface area contributed by atoms with Gasteiger partial charge in [0.05, 0.1) is 4.90 Å². The first kappa shape index (κ1) is 22.5. The topological polar surface area (TPSA) is 113 Å². The van der Waals surface area contributed by atoms with Crippen molar-refractivity contribution in [3.8, 4) is 0 Å². The summed E-state index contributed by atoms with van der Waals surface area (Å²) in [5.41, 5.74) is 1.80. The van der Waals surface area contributed by atoms with Crippen LogP contribution in [0, 0.1) is 6.92 Å². The van der Waals surface area contributed by atoms with E-state index in [-0.39, 0.29) is 16.0 Å². The van der Waals surface area contributed by atoms with Crippen molar-refractivity contribution in [2.45, 2.75) is 69.5 Å². The molecule has 0 bridgehead atoms. The standard InChI is InChI=1S/C21H32N6O2S/c1-14-13-23-19(25-15-7-9-17(10-8-15)30(22,28)29)26-18(14)24-16-11-20(2,3)27(6)21(4,5)12-16/h7-10,13,16H,11-12H2,1-6H3,(H2,22,28,29)(H2,23,24,25,26). The number of piperidine rings is 1. The average Bonchev–Trinajstić information content (AvgIpc) is 2.62. The summed E-state index contributed by atoms with van der Waals surface area (Å²) in [5.74, 6) is 1.24. The zero-order chi connectivity index (χ0) is 22.3. The highest BCUT2D eigenvalue weighted by molar-refractivity contribution is 7.89. The molecule has 1 aromatic heterocycles. The van der Waals surface area contributed by atoms with Crippen LogP contribution in [0.2, 0.25) is 0 Å². The Morgan fingerprint density at radius 2 is 1.67 bits per heavy atom. The summed E-state index contributed by atoms with van der Waals surface area (Å²) in [6.45, 7) is 11.1. The fraction of sp³-hybridized carbons (Fsp3) is 0.524. The zero-order valence-corrected chi connectivity index (χ0v) is 19.3. The van der Waals surface area contributed by atoms with Gasteiger partial charge in [-0.25, -0.2) is 18.5 Å². The highest BCUT2D eigenvalue weighted by Crippen LogP contribution is 2.38. The number of aromatic nitrogens is 2. The number of benzene rings is 1. The third-order valence-electron chi connectivity index (χ3n) is 6.06. The number of primary sulfonamides is 1. The second-order valence-electron chi connectivity index (χ2n) is 9.35. The van der Waals surface area contributed by atoms with Crippen LogP contribution >= 0.6 is 0 Å². The molecule has 0 atom stereocenters. The van der Waals surface area contributed by atoms with Crippen LogP contribution in [0.25, 0.3) is 0 Å². The number of nitrogens with zero attached hydrogens (tertiary/aromatic N) is 3. The molecule has 0 amide bonds. The summed E-state index contributed by atoms with van der Waals surface area (Å²) in [6, 6.07) is 6.47. The summed E-state index contributed by atoms with van der Waals surface area (Å²) < 4.78 is 22.8. The largest absolute Gasteiger partial charge is 0.367 e. The van der Waals surface area contributed by atoms with Gasteiger partial charge in [0.15, 0.2) is 0 Å². The molecule has 1 saturated heterocycles. The van der Waals surface area contributed by atoms with E-state index >= 15 is 0 Å². The quantitative estimate of drug-likeness (QED) is 0.665. The van der Waals surface area contributed by atoms with Crippen LogP contribution in [0.3, 0.4) is 0 Å². The minimum Gasteiger partial charge on any atom is -0.367 e. The van der Waals surface area contributed by atoms with Crippen molar-refractivity contribution in [1.82, 2.24) is 14.9 Å². The van der Waals surface area contributed by atoms with E-state index < -0.39 is 10.0 Å². The van der Waals surface area contributed by atoms with Gasteiger partial charge in [-0.1, -0.05) is 0 Å². The predicted molar refractivity (Wildman–Crippen MR) is 120 cm³/mol. The average molecular weight is 433 g/mol. The second-order valence-corrected chi connectivity index (χ2v) is 10.9. The van der Waals surface area contributed by atoms with Crippen molar-refractivity contribution in [2.24, 2.45) is 5.14 Å². The molecule has 30 heavy (non-hydrogen) atoms.